The summed E-state index contributed by atoms with van der Waals surface area (Å²) in [4.78, 5) is 4.18. The average molecular weight is 338 g/mol. The highest BCUT2D eigenvalue weighted by molar-refractivity contribution is 5.89. The standard InChI is InChI=1S/C21H20F2N2/c1-4-5-14(3)25-21-20(23)18-9-7-15(10-16(18)12-24-21)19-11-17(22)8-6-13(19)2/h6-12H,3-5H2,1-2H3,(H,24,25). The largest absolute Gasteiger partial charge is 0.342 e. The Hall–Kier alpha value is -2.75. The molecule has 128 valence electrons. The zero-order valence-electron chi connectivity index (χ0n) is 14.4. The first-order valence-corrected chi connectivity index (χ1v) is 8.29. The van der Waals surface area contributed by atoms with Gasteiger partial charge in [0, 0.05) is 22.7 Å². The van der Waals surface area contributed by atoms with Crippen LogP contribution in [0.5, 0.6) is 0 Å². The Kier molecular flexibility index (Phi) is 4.79. The zero-order chi connectivity index (χ0) is 18.0. The lowest BCUT2D eigenvalue weighted by Gasteiger charge is -2.12. The van der Waals surface area contributed by atoms with Gasteiger partial charge in [0.1, 0.15) is 5.82 Å². The van der Waals surface area contributed by atoms with Gasteiger partial charge in [0.25, 0.3) is 0 Å². The Morgan fingerprint density at radius 1 is 1.16 bits per heavy atom. The molecule has 1 N–H and O–H groups in total. The number of halogens is 2. The number of rotatable bonds is 5. The van der Waals surface area contributed by atoms with Gasteiger partial charge < -0.3 is 5.32 Å². The monoisotopic (exact) mass is 338 g/mol. The molecule has 25 heavy (non-hydrogen) atoms. The zero-order valence-corrected chi connectivity index (χ0v) is 14.4. The first-order valence-electron chi connectivity index (χ1n) is 8.29. The van der Waals surface area contributed by atoms with Crippen LogP contribution >= 0.6 is 0 Å². The van der Waals surface area contributed by atoms with E-state index in [1.54, 1.807) is 24.4 Å². The molecular weight excluding hydrogens is 318 g/mol. The Bertz CT molecular complexity index is 948. The van der Waals surface area contributed by atoms with Gasteiger partial charge in [0.05, 0.1) is 0 Å². The number of aryl methyl sites for hydroxylation is 1. The van der Waals surface area contributed by atoms with E-state index in [2.05, 4.69) is 16.9 Å². The molecule has 4 heteroatoms. The Morgan fingerprint density at radius 3 is 2.72 bits per heavy atom. The fourth-order valence-corrected chi connectivity index (χ4v) is 2.88. The number of allylic oxidation sites excluding steroid dienone is 1. The number of pyridine rings is 1. The van der Waals surface area contributed by atoms with E-state index < -0.39 is 5.82 Å². The third-order valence-electron chi connectivity index (χ3n) is 4.19. The molecule has 0 atom stereocenters. The van der Waals surface area contributed by atoms with E-state index in [-0.39, 0.29) is 11.6 Å². The Morgan fingerprint density at radius 2 is 1.96 bits per heavy atom. The van der Waals surface area contributed by atoms with Crippen LogP contribution in [0.3, 0.4) is 0 Å². The normalized spacial score (nSPS) is 10.9. The maximum absolute atomic E-state index is 14.7. The second-order valence-corrected chi connectivity index (χ2v) is 6.16. The third-order valence-corrected chi connectivity index (χ3v) is 4.19. The molecule has 3 aromatic rings. The summed E-state index contributed by atoms with van der Waals surface area (Å²) in [6.45, 7) is 7.83. The molecule has 0 unspecified atom stereocenters. The first-order chi connectivity index (χ1) is 12.0. The van der Waals surface area contributed by atoms with E-state index in [4.69, 9.17) is 0 Å². The molecule has 0 aliphatic carbocycles. The Labute approximate surface area is 146 Å². The van der Waals surface area contributed by atoms with Crippen LogP contribution in [0.15, 0.2) is 54.9 Å². The van der Waals surface area contributed by atoms with Gasteiger partial charge >= 0.3 is 0 Å². The number of anilines is 1. The summed E-state index contributed by atoms with van der Waals surface area (Å²) >= 11 is 0. The van der Waals surface area contributed by atoms with Crippen LogP contribution in [0.1, 0.15) is 25.3 Å². The van der Waals surface area contributed by atoms with Crippen molar-refractivity contribution < 1.29 is 8.78 Å². The number of fused-ring (bicyclic) bond motifs is 1. The highest BCUT2D eigenvalue weighted by Crippen LogP contribution is 2.30. The highest BCUT2D eigenvalue weighted by Gasteiger charge is 2.11. The van der Waals surface area contributed by atoms with Gasteiger partial charge in [-0.25, -0.2) is 13.8 Å². The van der Waals surface area contributed by atoms with Crippen molar-refractivity contribution in [2.75, 3.05) is 5.32 Å². The topological polar surface area (TPSA) is 24.9 Å². The van der Waals surface area contributed by atoms with Gasteiger partial charge in [-0.2, -0.15) is 0 Å². The fraction of sp³-hybridized carbons (Fsp3) is 0.190. The van der Waals surface area contributed by atoms with Crippen LogP contribution in [0.4, 0.5) is 14.6 Å². The van der Waals surface area contributed by atoms with E-state index in [1.807, 2.05) is 19.9 Å². The predicted molar refractivity (Wildman–Crippen MR) is 99.5 cm³/mol. The van der Waals surface area contributed by atoms with Crippen molar-refractivity contribution in [3.63, 3.8) is 0 Å². The average Bonchev–Trinajstić information content (AvgIpc) is 2.59. The number of hydrogen-bond acceptors (Lipinski definition) is 2. The van der Waals surface area contributed by atoms with Crippen molar-refractivity contribution >= 4 is 16.6 Å². The minimum Gasteiger partial charge on any atom is -0.342 e. The molecule has 0 fully saturated rings. The van der Waals surface area contributed by atoms with Gasteiger partial charge in [-0.3, -0.25) is 0 Å². The smallest absolute Gasteiger partial charge is 0.173 e. The van der Waals surface area contributed by atoms with E-state index >= 15 is 0 Å². The van der Waals surface area contributed by atoms with E-state index in [1.165, 1.54) is 12.1 Å². The van der Waals surface area contributed by atoms with Crippen molar-refractivity contribution in [1.82, 2.24) is 4.98 Å². The molecule has 0 saturated carbocycles. The number of nitrogens with zero attached hydrogens (tertiary/aromatic N) is 1. The lowest BCUT2D eigenvalue weighted by molar-refractivity contribution is 0.628. The van der Waals surface area contributed by atoms with Crippen LogP contribution in [0, 0.1) is 18.6 Å². The molecule has 1 aromatic heterocycles. The van der Waals surface area contributed by atoms with Crippen LogP contribution in [-0.2, 0) is 0 Å². The summed E-state index contributed by atoms with van der Waals surface area (Å²) in [6.07, 6.45) is 3.31. The second-order valence-electron chi connectivity index (χ2n) is 6.16. The molecule has 0 amide bonds. The van der Waals surface area contributed by atoms with Crippen molar-refractivity contribution in [1.29, 1.82) is 0 Å². The van der Waals surface area contributed by atoms with Crippen molar-refractivity contribution in [3.8, 4) is 11.1 Å². The van der Waals surface area contributed by atoms with Gasteiger partial charge in [0.15, 0.2) is 11.6 Å². The molecular formula is C21H20F2N2. The van der Waals surface area contributed by atoms with E-state index in [0.29, 0.717) is 10.8 Å². The molecule has 0 saturated heterocycles. The Balaban J connectivity index is 2.02. The van der Waals surface area contributed by atoms with Crippen molar-refractivity contribution in [3.05, 3.63) is 72.1 Å². The number of hydrogen-bond donors (Lipinski definition) is 1. The van der Waals surface area contributed by atoms with Crippen molar-refractivity contribution in [2.45, 2.75) is 26.7 Å². The molecule has 0 radical (unpaired) electrons. The summed E-state index contributed by atoms with van der Waals surface area (Å²) in [5.41, 5.74) is 3.33. The number of nitrogens with one attached hydrogen (secondary N) is 1. The molecule has 2 aromatic carbocycles. The number of benzene rings is 2. The molecule has 0 aliphatic rings. The molecule has 0 aliphatic heterocycles. The lowest BCUT2D eigenvalue weighted by atomic mass is 9.98. The van der Waals surface area contributed by atoms with Gasteiger partial charge in [-0.1, -0.05) is 38.1 Å². The summed E-state index contributed by atoms with van der Waals surface area (Å²) in [7, 11) is 0. The van der Waals surface area contributed by atoms with Crippen LogP contribution < -0.4 is 5.32 Å². The lowest BCUT2D eigenvalue weighted by Crippen LogP contribution is -2.03. The fourth-order valence-electron chi connectivity index (χ4n) is 2.88. The van der Waals surface area contributed by atoms with E-state index in [0.717, 1.165) is 35.2 Å². The summed E-state index contributed by atoms with van der Waals surface area (Å²) in [5.74, 6) is -0.517. The quantitative estimate of drug-likeness (QED) is 0.598. The van der Waals surface area contributed by atoms with Crippen molar-refractivity contribution in [2.24, 2.45) is 0 Å². The molecule has 2 nitrogen and oxygen atoms in total. The van der Waals surface area contributed by atoms with Gasteiger partial charge in [-0.05, 0) is 48.2 Å². The predicted octanol–water partition coefficient (Wildman–Crippen LogP) is 6.21. The van der Waals surface area contributed by atoms with Crippen LogP contribution in [-0.4, -0.2) is 4.98 Å². The number of aromatic nitrogens is 1. The summed E-state index contributed by atoms with van der Waals surface area (Å²) in [5, 5.41) is 4.08. The highest BCUT2D eigenvalue weighted by atomic mass is 19.1. The summed E-state index contributed by atoms with van der Waals surface area (Å²) in [6, 6.07) is 10.0. The van der Waals surface area contributed by atoms with Gasteiger partial charge in [0.2, 0.25) is 0 Å². The molecule has 3 rings (SSSR count). The maximum Gasteiger partial charge on any atom is 0.173 e. The second kappa shape index (κ2) is 7.01. The van der Waals surface area contributed by atoms with E-state index in [9.17, 15) is 8.78 Å². The first kappa shape index (κ1) is 17.1. The molecule has 1 heterocycles. The maximum atomic E-state index is 14.7. The SMILES string of the molecule is C=C(CCC)Nc1ncc2cc(-c3cc(F)ccc3C)ccc2c1F. The third kappa shape index (κ3) is 3.53. The molecule has 0 spiro atoms. The summed E-state index contributed by atoms with van der Waals surface area (Å²) < 4.78 is 28.3. The van der Waals surface area contributed by atoms with Crippen LogP contribution in [0.2, 0.25) is 0 Å². The van der Waals surface area contributed by atoms with Gasteiger partial charge in [-0.15, -0.1) is 0 Å². The minimum absolute atomic E-state index is 0.181. The molecule has 0 bridgehead atoms. The minimum atomic E-state index is -0.405. The van der Waals surface area contributed by atoms with Crippen LogP contribution in [0.25, 0.3) is 21.9 Å².